The highest BCUT2D eigenvalue weighted by Crippen LogP contribution is 2.27. The van der Waals surface area contributed by atoms with Crippen LogP contribution in [0, 0.1) is 0 Å². The molecular weight excluding hydrogens is 392 g/mol. The summed E-state index contributed by atoms with van der Waals surface area (Å²) in [6.45, 7) is 0.811. The molecule has 4 rings (SSSR count). The van der Waals surface area contributed by atoms with Crippen LogP contribution in [0.1, 0.15) is 22.8 Å². The van der Waals surface area contributed by atoms with E-state index in [4.69, 9.17) is 4.74 Å². The third-order valence-corrected chi connectivity index (χ3v) is 4.85. The number of methoxy groups -OCH3 is 1. The summed E-state index contributed by atoms with van der Waals surface area (Å²) in [6.07, 6.45) is 2.84. The van der Waals surface area contributed by atoms with E-state index in [9.17, 15) is 14.7 Å². The normalized spacial score (nSPS) is 15.9. The number of ether oxygens (including phenoxy) is 1. The fourth-order valence-electron chi connectivity index (χ4n) is 3.42. The fraction of sp³-hybridized carbons (Fsp3) is 0.333. The molecule has 12 heteroatoms. The van der Waals surface area contributed by atoms with Crippen molar-refractivity contribution in [1.29, 1.82) is 0 Å². The van der Waals surface area contributed by atoms with Gasteiger partial charge in [-0.1, -0.05) is 6.07 Å². The molecule has 1 unspecified atom stereocenters. The third kappa shape index (κ3) is 3.66. The SMILES string of the molecule is COc1nn(C)cc1C(=O)Nc1cccc(-c2nncn2C2CCN(C(=O)O)C2)n1. The number of hydrogen-bond acceptors (Lipinski definition) is 7. The summed E-state index contributed by atoms with van der Waals surface area (Å²) in [6, 6.07) is 5.08. The molecule has 0 aromatic carbocycles. The van der Waals surface area contributed by atoms with E-state index < -0.39 is 12.0 Å². The summed E-state index contributed by atoms with van der Waals surface area (Å²) >= 11 is 0. The smallest absolute Gasteiger partial charge is 0.407 e. The summed E-state index contributed by atoms with van der Waals surface area (Å²) in [5.74, 6) is 0.646. The molecule has 1 aliphatic heterocycles. The van der Waals surface area contributed by atoms with Gasteiger partial charge in [-0.15, -0.1) is 15.3 Å². The molecule has 3 aromatic heterocycles. The van der Waals surface area contributed by atoms with Crippen LogP contribution < -0.4 is 10.1 Å². The third-order valence-electron chi connectivity index (χ3n) is 4.85. The van der Waals surface area contributed by atoms with Gasteiger partial charge in [0.2, 0.25) is 5.88 Å². The van der Waals surface area contributed by atoms with Crippen molar-refractivity contribution in [3.05, 3.63) is 36.3 Å². The van der Waals surface area contributed by atoms with Crippen LogP contribution in [0.5, 0.6) is 5.88 Å². The van der Waals surface area contributed by atoms with Crippen molar-refractivity contribution in [2.75, 3.05) is 25.5 Å². The van der Waals surface area contributed by atoms with Crippen LogP contribution in [0.15, 0.2) is 30.7 Å². The number of amides is 2. The number of carbonyl (C=O) groups excluding carboxylic acids is 1. The molecule has 2 N–H and O–H groups in total. The van der Waals surface area contributed by atoms with Crippen molar-refractivity contribution in [2.24, 2.45) is 7.05 Å². The van der Waals surface area contributed by atoms with E-state index in [1.165, 1.54) is 16.7 Å². The first-order valence-electron chi connectivity index (χ1n) is 9.20. The molecule has 1 aliphatic rings. The fourth-order valence-corrected chi connectivity index (χ4v) is 3.42. The summed E-state index contributed by atoms with van der Waals surface area (Å²) in [7, 11) is 3.14. The second-order valence-corrected chi connectivity index (χ2v) is 6.82. The quantitative estimate of drug-likeness (QED) is 0.638. The number of carboxylic acid groups (broad SMARTS) is 1. The van der Waals surface area contributed by atoms with Gasteiger partial charge in [0.05, 0.1) is 13.2 Å². The van der Waals surface area contributed by atoms with E-state index in [0.717, 1.165) is 0 Å². The molecule has 0 radical (unpaired) electrons. The first kappa shape index (κ1) is 19.4. The first-order chi connectivity index (χ1) is 14.5. The largest absolute Gasteiger partial charge is 0.479 e. The number of pyridine rings is 1. The van der Waals surface area contributed by atoms with E-state index in [-0.39, 0.29) is 17.5 Å². The van der Waals surface area contributed by atoms with Crippen LogP contribution in [-0.4, -0.2) is 71.7 Å². The minimum absolute atomic E-state index is 0.0780. The Kier molecular flexibility index (Phi) is 5.04. The number of nitrogens with zero attached hydrogens (tertiary/aromatic N) is 7. The molecule has 2 amide bonds. The zero-order valence-corrected chi connectivity index (χ0v) is 16.4. The zero-order chi connectivity index (χ0) is 21.3. The highest BCUT2D eigenvalue weighted by atomic mass is 16.5. The van der Waals surface area contributed by atoms with Gasteiger partial charge in [0.1, 0.15) is 23.4 Å². The summed E-state index contributed by atoms with van der Waals surface area (Å²) in [5.41, 5.74) is 0.798. The molecule has 3 aromatic rings. The number of anilines is 1. The molecule has 4 heterocycles. The average Bonchev–Trinajstić information content (AvgIpc) is 3.46. The number of nitrogens with one attached hydrogen (secondary N) is 1. The monoisotopic (exact) mass is 412 g/mol. The summed E-state index contributed by atoms with van der Waals surface area (Å²) in [4.78, 5) is 29.6. The highest BCUT2D eigenvalue weighted by molar-refractivity contribution is 6.05. The lowest BCUT2D eigenvalue weighted by Gasteiger charge is -2.15. The Hall–Kier alpha value is -3.96. The van der Waals surface area contributed by atoms with Crippen LogP contribution in [0.3, 0.4) is 0 Å². The van der Waals surface area contributed by atoms with Gasteiger partial charge in [0.15, 0.2) is 5.82 Å². The number of likely N-dealkylation sites (tertiary alicyclic amines) is 1. The van der Waals surface area contributed by atoms with Crippen molar-refractivity contribution in [3.8, 4) is 17.4 Å². The minimum Gasteiger partial charge on any atom is -0.479 e. The molecule has 0 aliphatic carbocycles. The van der Waals surface area contributed by atoms with Gasteiger partial charge in [0, 0.05) is 26.3 Å². The molecule has 0 spiro atoms. The Morgan fingerprint density at radius 1 is 1.33 bits per heavy atom. The topological polar surface area (TPSA) is 140 Å². The molecule has 1 fully saturated rings. The van der Waals surface area contributed by atoms with Crippen molar-refractivity contribution < 1.29 is 19.4 Å². The molecular formula is C18H20N8O4. The number of hydrogen-bond donors (Lipinski definition) is 2. The predicted octanol–water partition coefficient (Wildman–Crippen LogP) is 1.26. The second kappa shape index (κ2) is 7.81. The number of aromatic nitrogens is 6. The zero-order valence-electron chi connectivity index (χ0n) is 16.4. The number of aryl methyl sites for hydroxylation is 1. The van der Waals surface area contributed by atoms with Gasteiger partial charge >= 0.3 is 6.09 Å². The summed E-state index contributed by atoms with van der Waals surface area (Å²) < 4.78 is 8.43. The Morgan fingerprint density at radius 2 is 2.17 bits per heavy atom. The molecule has 12 nitrogen and oxygen atoms in total. The van der Waals surface area contributed by atoms with Gasteiger partial charge in [0.25, 0.3) is 5.91 Å². The first-order valence-corrected chi connectivity index (χ1v) is 9.20. The maximum atomic E-state index is 12.6. The Morgan fingerprint density at radius 3 is 2.90 bits per heavy atom. The maximum Gasteiger partial charge on any atom is 0.407 e. The molecule has 0 saturated carbocycles. The lowest BCUT2D eigenvalue weighted by molar-refractivity contribution is 0.102. The van der Waals surface area contributed by atoms with Crippen molar-refractivity contribution in [1.82, 2.24) is 34.4 Å². The van der Waals surface area contributed by atoms with E-state index in [0.29, 0.717) is 36.8 Å². The van der Waals surface area contributed by atoms with Gasteiger partial charge in [-0.25, -0.2) is 9.78 Å². The van der Waals surface area contributed by atoms with Crippen molar-refractivity contribution >= 4 is 17.8 Å². The van der Waals surface area contributed by atoms with E-state index in [1.807, 2.05) is 4.57 Å². The van der Waals surface area contributed by atoms with Gasteiger partial charge in [-0.2, -0.15) is 0 Å². The highest BCUT2D eigenvalue weighted by Gasteiger charge is 2.29. The molecule has 156 valence electrons. The predicted molar refractivity (Wildman–Crippen MR) is 104 cm³/mol. The Labute approximate surface area is 171 Å². The van der Waals surface area contributed by atoms with E-state index in [2.05, 4.69) is 25.6 Å². The second-order valence-electron chi connectivity index (χ2n) is 6.82. The maximum absolute atomic E-state index is 12.6. The van der Waals surface area contributed by atoms with Gasteiger partial charge in [-0.05, 0) is 18.6 Å². The standard InChI is InChI=1S/C18H20N8O4/c1-24-9-12(17(23-24)30-2)16(27)21-14-5-3-4-13(20-14)15-22-19-10-26(15)11-6-7-25(8-11)18(28)29/h3-5,9-11H,6-8H2,1-2H3,(H,28,29)(H,20,21,27). The molecule has 30 heavy (non-hydrogen) atoms. The van der Waals surface area contributed by atoms with Crippen molar-refractivity contribution in [3.63, 3.8) is 0 Å². The lowest BCUT2D eigenvalue weighted by atomic mass is 10.2. The van der Waals surface area contributed by atoms with E-state index in [1.54, 1.807) is 37.8 Å². The van der Waals surface area contributed by atoms with E-state index >= 15 is 0 Å². The molecule has 0 bridgehead atoms. The average molecular weight is 412 g/mol. The van der Waals surface area contributed by atoms with Crippen molar-refractivity contribution in [2.45, 2.75) is 12.5 Å². The van der Waals surface area contributed by atoms with Gasteiger partial charge in [-0.3, -0.25) is 9.48 Å². The van der Waals surface area contributed by atoms with Gasteiger partial charge < -0.3 is 24.6 Å². The Bertz CT molecular complexity index is 1090. The molecule has 1 saturated heterocycles. The minimum atomic E-state index is -0.944. The Balaban J connectivity index is 1.56. The number of rotatable bonds is 5. The number of carbonyl (C=O) groups is 2. The molecule has 1 atom stereocenters. The summed E-state index contributed by atoms with van der Waals surface area (Å²) in [5, 5.41) is 24.1. The lowest BCUT2D eigenvalue weighted by Crippen LogP contribution is -2.27. The van der Waals surface area contributed by atoms with Crippen LogP contribution in [0.2, 0.25) is 0 Å². The van der Waals surface area contributed by atoms with Crippen LogP contribution >= 0.6 is 0 Å². The van der Waals surface area contributed by atoms with Crippen LogP contribution in [0.4, 0.5) is 10.6 Å². The van der Waals surface area contributed by atoms with Crippen LogP contribution in [0.25, 0.3) is 11.5 Å². The van der Waals surface area contributed by atoms with Crippen LogP contribution in [-0.2, 0) is 7.05 Å².